The number of hydrogen-bond acceptors (Lipinski definition) is 3. The van der Waals surface area contributed by atoms with Crippen molar-refractivity contribution >= 4 is 17.3 Å². The molecule has 3 nitrogen and oxygen atoms in total. The van der Waals surface area contributed by atoms with Crippen LogP contribution in [0.15, 0.2) is 54.6 Å². The number of anilines is 1. The van der Waals surface area contributed by atoms with Crippen LogP contribution >= 0.6 is 11.6 Å². The number of hydrogen-bond donors (Lipinski definition) is 1. The number of nitrogens with zero attached hydrogens (tertiary/aromatic N) is 2. The Morgan fingerprint density at radius 3 is 2.71 bits per heavy atom. The maximum absolute atomic E-state index is 5.71. The zero-order valence-corrected chi connectivity index (χ0v) is 9.98. The number of nitrogens with one attached hydrogen (secondary N) is 1. The molecule has 1 N–H and O–H groups in total. The predicted octanol–water partition coefficient (Wildman–Crippen LogP) is 3.31. The van der Waals surface area contributed by atoms with Crippen molar-refractivity contribution in [1.82, 2.24) is 9.97 Å². The van der Waals surface area contributed by atoms with Crippen LogP contribution in [0.1, 0.15) is 0 Å². The summed E-state index contributed by atoms with van der Waals surface area (Å²) in [7, 11) is 0. The summed E-state index contributed by atoms with van der Waals surface area (Å²) in [5.74, 6) is 0. The van der Waals surface area contributed by atoms with Crippen molar-refractivity contribution in [1.29, 1.82) is 0 Å². The Labute approximate surface area is 105 Å². The fraction of sp³-hybridized carbons (Fsp3) is 0.0769. The third kappa shape index (κ3) is 3.29. The van der Waals surface area contributed by atoms with Crippen molar-refractivity contribution in [2.45, 2.75) is 0 Å². The van der Waals surface area contributed by atoms with Crippen molar-refractivity contribution in [3.05, 3.63) is 54.6 Å². The fourth-order valence-electron chi connectivity index (χ4n) is 1.45. The van der Waals surface area contributed by atoms with E-state index in [2.05, 4.69) is 21.9 Å². The van der Waals surface area contributed by atoms with Crippen LogP contribution in [0.5, 0.6) is 0 Å². The highest BCUT2D eigenvalue weighted by Gasteiger charge is 1.99. The minimum absolute atomic E-state index is 0.552. The molecule has 0 unspecified atom stereocenters. The molecular formula is C13H12ClN3. The van der Waals surface area contributed by atoms with Crippen LogP contribution in [-0.4, -0.2) is 16.5 Å². The van der Waals surface area contributed by atoms with Gasteiger partial charge in [-0.1, -0.05) is 30.3 Å². The van der Waals surface area contributed by atoms with Gasteiger partial charge in [0.2, 0.25) is 0 Å². The Balaban J connectivity index is 2.20. The quantitative estimate of drug-likeness (QED) is 0.898. The van der Waals surface area contributed by atoms with Crippen LogP contribution in [0.4, 0.5) is 5.69 Å². The Hall–Kier alpha value is -1.87. The standard InChI is InChI=1S/C13H12ClN3/c1-10(14)6-17-13-4-2-3-11(5-13)12-7-15-9-16-8-12/h2-5,7-9,17H,1,6H2. The van der Waals surface area contributed by atoms with Crippen LogP contribution in [0.25, 0.3) is 11.1 Å². The van der Waals surface area contributed by atoms with E-state index in [4.69, 9.17) is 11.6 Å². The molecule has 1 aromatic heterocycles. The molecule has 2 rings (SSSR count). The van der Waals surface area contributed by atoms with Crippen LogP contribution < -0.4 is 5.32 Å². The molecule has 0 aliphatic carbocycles. The second kappa shape index (κ2) is 5.46. The normalized spacial score (nSPS) is 9.94. The van der Waals surface area contributed by atoms with Crippen LogP contribution in [0.2, 0.25) is 0 Å². The minimum Gasteiger partial charge on any atom is -0.380 e. The average molecular weight is 246 g/mol. The molecule has 17 heavy (non-hydrogen) atoms. The second-order valence-corrected chi connectivity index (χ2v) is 4.11. The molecule has 0 aliphatic heterocycles. The zero-order valence-electron chi connectivity index (χ0n) is 9.23. The average Bonchev–Trinajstić information content (AvgIpc) is 2.38. The molecule has 0 saturated heterocycles. The summed E-state index contributed by atoms with van der Waals surface area (Å²) in [6, 6.07) is 7.99. The van der Waals surface area contributed by atoms with Gasteiger partial charge in [-0.05, 0) is 17.7 Å². The summed E-state index contributed by atoms with van der Waals surface area (Å²) in [4.78, 5) is 8.00. The maximum Gasteiger partial charge on any atom is 0.115 e. The molecule has 0 saturated carbocycles. The molecule has 2 aromatic rings. The SMILES string of the molecule is C=C(Cl)CNc1cccc(-c2cncnc2)c1. The first-order chi connectivity index (χ1) is 8.25. The van der Waals surface area contributed by atoms with Gasteiger partial charge in [-0.25, -0.2) is 9.97 Å². The van der Waals surface area contributed by atoms with E-state index in [-0.39, 0.29) is 0 Å². The smallest absolute Gasteiger partial charge is 0.115 e. The number of rotatable bonds is 4. The number of benzene rings is 1. The lowest BCUT2D eigenvalue weighted by Crippen LogP contribution is -2.00. The first-order valence-electron chi connectivity index (χ1n) is 5.18. The first-order valence-corrected chi connectivity index (χ1v) is 5.56. The van der Waals surface area contributed by atoms with Gasteiger partial charge in [0.15, 0.2) is 0 Å². The lowest BCUT2D eigenvalue weighted by molar-refractivity contribution is 1.17. The fourth-order valence-corrected chi connectivity index (χ4v) is 1.52. The van der Waals surface area contributed by atoms with Gasteiger partial charge in [0.05, 0.1) is 6.54 Å². The van der Waals surface area contributed by atoms with E-state index in [1.165, 1.54) is 6.33 Å². The Morgan fingerprint density at radius 2 is 2.00 bits per heavy atom. The molecule has 86 valence electrons. The highest BCUT2D eigenvalue weighted by molar-refractivity contribution is 6.29. The van der Waals surface area contributed by atoms with Gasteiger partial charge in [0, 0.05) is 28.7 Å². The van der Waals surface area contributed by atoms with E-state index in [0.717, 1.165) is 16.8 Å². The molecule has 1 aromatic carbocycles. The Morgan fingerprint density at radius 1 is 1.24 bits per heavy atom. The molecule has 0 radical (unpaired) electrons. The Bertz CT molecular complexity index is 511. The summed E-state index contributed by atoms with van der Waals surface area (Å²) in [5, 5.41) is 3.76. The van der Waals surface area contributed by atoms with E-state index in [1.54, 1.807) is 12.4 Å². The van der Waals surface area contributed by atoms with Gasteiger partial charge in [-0.15, -0.1) is 0 Å². The first kappa shape index (κ1) is 11.6. The monoisotopic (exact) mass is 245 g/mol. The van der Waals surface area contributed by atoms with Crippen molar-refractivity contribution in [3.8, 4) is 11.1 Å². The van der Waals surface area contributed by atoms with Crippen molar-refractivity contribution in [3.63, 3.8) is 0 Å². The maximum atomic E-state index is 5.71. The summed E-state index contributed by atoms with van der Waals surface area (Å²) in [6.45, 7) is 4.19. The largest absolute Gasteiger partial charge is 0.380 e. The van der Waals surface area contributed by atoms with E-state index >= 15 is 0 Å². The molecule has 4 heteroatoms. The van der Waals surface area contributed by atoms with Crippen molar-refractivity contribution in [2.24, 2.45) is 0 Å². The summed E-state index contributed by atoms with van der Waals surface area (Å²) >= 11 is 5.71. The van der Waals surface area contributed by atoms with Crippen LogP contribution in [0.3, 0.4) is 0 Å². The molecule has 0 spiro atoms. The van der Waals surface area contributed by atoms with Crippen molar-refractivity contribution < 1.29 is 0 Å². The molecule has 0 amide bonds. The van der Waals surface area contributed by atoms with Gasteiger partial charge in [0.25, 0.3) is 0 Å². The third-order valence-electron chi connectivity index (χ3n) is 2.24. The highest BCUT2D eigenvalue weighted by Crippen LogP contribution is 2.21. The van der Waals surface area contributed by atoms with E-state index < -0.39 is 0 Å². The lowest BCUT2D eigenvalue weighted by Gasteiger charge is -2.07. The van der Waals surface area contributed by atoms with Crippen LogP contribution in [-0.2, 0) is 0 Å². The molecule has 0 fully saturated rings. The predicted molar refractivity (Wildman–Crippen MR) is 71.0 cm³/mol. The zero-order chi connectivity index (χ0) is 12.1. The molecular weight excluding hydrogens is 234 g/mol. The van der Waals surface area contributed by atoms with Gasteiger partial charge < -0.3 is 5.32 Å². The van der Waals surface area contributed by atoms with Crippen LogP contribution in [0, 0.1) is 0 Å². The molecule has 0 aliphatic rings. The Kier molecular flexibility index (Phi) is 3.73. The molecule has 0 bridgehead atoms. The van der Waals surface area contributed by atoms with Gasteiger partial charge in [0.1, 0.15) is 6.33 Å². The second-order valence-electron chi connectivity index (χ2n) is 3.58. The number of aromatic nitrogens is 2. The molecule has 1 heterocycles. The summed E-state index contributed by atoms with van der Waals surface area (Å²) in [5.41, 5.74) is 3.05. The van der Waals surface area contributed by atoms with E-state index in [9.17, 15) is 0 Å². The third-order valence-corrected chi connectivity index (χ3v) is 2.37. The summed E-state index contributed by atoms with van der Waals surface area (Å²) in [6.07, 6.45) is 5.09. The summed E-state index contributed by atoms with van der Waals surface area (Å²) < 4.78 is 0. The van der Waals surface area contributed by atoms with Gasteiger partial charge in [-0.3, -0.25) is 0 Å². The van der Waals surface area contributed by atoms with Crippen molar-refractivity contribution in [2.75, 3.05) is 11.9 Å². The van der Waals surface area contributed by atoms with E-state index in [0.29, 0.717) is 11.6 Å². The lowest BCUT2D eigenvalue weighted by atomic mass is 10.1. The highest BCUT2D eigenvalue weighted by atomic mass is 35.5. The molecule has 0 atom stereocenters. The number of halogens is 1. The topological polar surface area (TPSA) is 37.8 Å². The van der Waals surface area contributed by atoms with Gasteiger partial charge >= 0.3 is 0 Å². The van der Waals surface area contributed by atoms with Gasteiger partial charge in [-0.2, -0.15) is 0 Å². The van der Waals surface area contributed by atoms with E-state index in [1.807, 2.05) is 24.3 Å². The minimum atomic E-state index is 0.552.